The molecule has 198 valence electrons. The highest BCUT2D eigenvalue weighted by Gasteiger charge is 2.31. The Labute approximate surface area is 210 Å². The molecule has 2 unspecified atom stereocenters. The van der Waals surface area contributed by atoms with Gasteiger partial charge in [0.25, 0.3) is 0 Å². The fraction of sp³-hybridized carbons (Fsp3) is 0.615. The summed E-state index contributed by atoms with van der Waals surface area (Å²) < 4.78 is 27.6. The summed E-state index contributed by atoms with van der Waals surface area (Å²) >= 11 is 0. The van der Waals surface area contributed by atoms with Crippen LogP contribution in [-0.4, -0.2) is 51.2 Å². The van der Waals surface area contributed by atoms with Crippen molar-refractivity contribution in [2.24, 2.45) is 5.92 Å². The quantitative estimate of drug-likeness (QED) is 0.452. The number of carbonyl (C=O) groups is 3. The lowest BCUT2D eigenvalue weighted by molar-refractivity contribution is -0.139. The molecule has 0 aliphatic carbocycles. The molecule has 36 heavy (non-hydrogen) atoms. The number of nitrogens with one attached hydrogen (secondary N) is 3. The maximum Gasteiger partial charge on any atom is 0.243 e. The Hall–Kier alpha value is -3.04. The van der Waals surface area contributed by atoms with Gasteiger partial charge in [0.05, 0.1) is 18.0 Å². The van der Waals surface area contributed by atoms with Gasteiger partial charge in [0.2, 0.25) is 17.7 Å². The fourth-order valence-corrected chi connectivity index (χ4v) is 4.59. The standard InChI is InChI=1S/C26H37F2N5O3/c1-5-18-8-6-7-11-33(18)23(35)14-21(30-22(34)10-9-15(2)3)26(36)29-16(4)25-31-20-13-17(27)12-19(28)24(20)32-25/h12-13,15-16,18,21H,5-11,14H2,1-4H3,(H,29,36)(H,30,34)(H,31,32)/t16?,18-,21?/m0/s1. The van der Waals surface area contributed by atoms with E-state index in [-0.39, 0.29) is 47.6 Å². The molecular weight excluding hydrogens is 468 g/mol. The first kappa shape index (κ1) is 27.5. The van der Waals surface area contributed by atoms with Crippen LogP contribution in [0.25, 0.3) is 11.0 Å². The van der Waals surface area contributed by atoms with Gasteiger partial charge in [-0.3, -0.25) is 14.4 Å². The third kappa shape index (κ3) is 7.01. The summed E-state index contributed by atoms with van der Waals surface area (Å²) in [7, 11) is 0. The van der Waals surface area contributed by atoms with Crippen LogP contribution < -0.4 is 10.6 Å². The normalized spacial score (nSPS) is 17.8. The topological polar surface area (TPSA) is 107 Å². The van der Waals surface area contributed by atoms with Crippen molar-refractivity contribution in [1.82, 2.24) is 25.5 Å². The van der Waals surface area contributed by atoms with Crippen molar-refractivity contribution in [3.05, 3.63) is 29.6 Å². The van der Waals surface area contributed by atoms with E-state index in [4.69, 9.17) is 0 Å². The Bertz CT molecular complexity index is 1090. The summed E-state index contributed by atoms with van der Waals surface area (Å²) in [5.74, 6) is -1.98. The van der Waals surface area contributed by atoms with E-state index < -0.39 is 29.6 Å². The number of halogens is 2. The number of carbonyl (C=O) groups excluding carboxylic acids is 3. The van der Waals surface area contributed by atoms with Crippen LogP contribution in [0.2, 0.25) is 0 Å². The van der Waals surface area contributed by atoms with Crippen molar-refractivity contribution in [1.29, 1.82) is 0 Å². The average Bonchev–Trinajstić information content (AvgIpc) is 3.26. The maximum absolute atomic E-state index is 14.1. The van der Waals surface area contributed by atoms with Crippen LogP contribution in [0.15, 0.2) is 12.1 Å². The zero-order valence-corrected chi connectivity index (χ0v) is 21.5. The summed E-state index contributed by atoms with van der Waals surface area (Å²) in [4.78, 5) is 47.8. The minimum absolute atomic E-state index is 0.0306. The van der Waals surface area contributed by atoms with E-state index in [1.165, 1.54) is 0 Å². The van der Waals surface area contributed by atoms with E-state index >= 15 is 0 Å². The first-order chi connectivity index (χ1) is 17.1. The van der Waals surface area contributed by atoms with Crippen LogP contribution in [0, 0.1) is 17.6 Å². The Morgan fingerprint density at radius 3 is 2.61 bits per heavy atom. The van der Waals surface area contributed by atoms with Crippen LogP contribution in [0.1, 0.15) is 84.5 Å². The second kappa shape index (κ2) is 12.3. The molecule has 3 atom stereocenters. The molecule has 0 spiro atoms. The molecule has 0 radical (unpaired) electrons. The summed E-state index contributed by atoms with van der Waals surface area (Å²) in [5, 5.41) is 5.50. The lowest BCUT2D eigenvalue weighted by Gasteiger charge is -2.36. The highest BCUT2D eigenvalue weighted by atomic mass is 19.1. The molecule has 8 nitrogen and oxygen atoms in total. The first-order valence-electron chi connectivity index (χ1n) is 12.8. The molecule has 3 N–H and O–H groups in total. The van der Waals surface area contributed by atoms with Gasteiger partial charge in [-0.25, -0.2) is 13.8 Å². The summed E-state index contributed by atoms with van der Waals surface area (Å²) in [6.45, 7) is 8.33. The number of benzene rings is 1. The van der Waals surface area contributed by atoms with Gasteiger partial charge in [0.1, 0.15) is 23.2 Å². The maximum atomic E-state index is 14.1. The second-order valence-corrected chi connectivity index (χ2v) is 10.0. The summed E-state index contributed by atoms with van der Waals surface area (Å²) in [6.07, 6.45) is 4.51. The minimum Gasteiger partial charge on any atom is -0.345 e. The van der Waals surface area contributed by atoms with Crippen molar-refractivity contribution >= 4 is 28.8 Å². The van der Waals surface area contributed by atoms with Gasteiger partial charge in [-0.05, 0) is 51.0 Å². The Morgan fingerprint density at radius 2 is 1.92 bits per heavy atom. The predicted octanol–water partition coefficient (Wildman–Crippen LogP) is 4.12. The van der Waals surface area contributed by atoms with E-state index in [0.717, 1.165) is 37.8 Å². The monoisotopic (exact) mass is 505 g/mol. The molecule has 2 heterocycles. The number of aromatic nitrogens is 2. The number of imidazole rings is 1. The van der Waals surface area contributed by atoms with Gasteiger partial charge in [-0.15, -0.1) is 0 Å². The molecule has 0 bridgehead atoms. The van der Waals surface area contributed by atoms with E-state index in [2.05, 4.69) is 20.6 Å². The van der Waals surface area contributed by atoms with Crippen LogP contribution in [-0.2, 0) is 14.4 Å². The Kier molecular flexibility index (Phi) is 9.39. The largest absolute Gasteiger partial charge is 0.345 e. The Morgan fingerprint density at radius 1 is 1.17 bits per heavy atom. The van der Waals surface area contributed by atoms with Crippen LogP contribution in [0.5, 0.6) is 0 Å². The van der Waals surface area contributed by atoms with Gasteiger partial charge in [0, 0.05) is 25.1 Å². The smallest absolute Gasteiger partial charge is 0.243 e. The van der Waals surface area contributed by atoms with Crippen LogP contribution >= 0.6 is 0 Å². The summed E-state index contributed by atoms with van der Waals surface area (Å²) in [5.41, 5.74) is 0.143. The van der Waals surface area contributed by atoms with Gasteiger partial charge in [0.15, 0.2) is 5.82 Å². The SMILES string of the molecule is CC[C@H]1CCCCN1C(=O)CC(NC(=O)CCC(C)C)C(=O)NC(C)c1nc2c(F)cc(F)cc2[nH]1. The lowest BCUT2D eigenvalue weighted by Crippen LogP contribution is -2.52. The number of hydrogen-bond donors (Lipinski definition) is 3. The molecule has 2 aromatic rings. The molecule has 3 rings (SSSR count). The number of likely N-dealkylation sites (tertiary alicyclic amines) is 1. The molecule has 1 saturated heterocycles. The third-order valence-corrected chi connectivity index (χ3v) is 6.69. The minimum atomic E-state index is -1.06. The van der Waals surface area contributed by atoms with Crippen molar-refractivity contribution in [3.8, 4) is 0 Å². The molecule has 1 aliphatic rings. The predicted molar refractivity (Wildman–Crippen MR) is 133 cm³/mol. The van der Waals surface area contributed by atoms with Gasteiger partial charge < -0.3 is 20.5 Å². The number of nitrogens with zero attached hydrogens (tertiary/aromatic N) is 2. The zero-order chi connectivity index (χ0) is 26.4. The molecule has 3 amide bonds. The number of rotatable bonds is 10. The van der Waals surface area contributed by atoms with Gasteiger partial charge in [-0.1, -0.05) is 20.8 Å². The van der Waals surface area contributed by atoms with Crippen molar-refractivity contribution in [2.75, 3.05) is 6.54 Å². The first-order valence-corrected chi connectivity index (χ1v) is 12.8. The molecule has 10 heteroatoms. The van der Waals surface area contributed by atoms with Crippen LogP contribution in [0.4, 0.5) is 8.78 Å². The van der Waals surface area contributed by atoms with E-state index in [1.807, 2.05) is 25.7 Å². The van der Waals surface area contributed by atoms with E-state index in [0.29, 0.717) is 18.9 Å². The number of H-pyrrole nitrogens is 1. The Balaban J connectivity index is 1.74. The lowest BCUT2D eigenvalue weighted by atomic mass is 9.98. The number of aromatic amines is 1. The fourth-order valence-electron chi connectivity index (χ4n) is 4.59. The highest BCUT2D eigenvalue weighted by molar-refractivity contribution is 5.92. The summed E-state index contributed by atoms with van der Waals surface area (Å²) in [6, 6.07) is 0.252. The highest BCUT2D eigenvalue weighted by Crippen LogP contribution is 2.22. The number of hydrogen-bond acceptors (Lipinski definition) is 4. The van der Waals surface area contributed by atoms with Crippen LogP contribution in [0.3, 0.4) is 0 Å². The molecule has 1 fully saturated rings. The molecular formula is C26H37F2N5O3. The molecule has 1 aliphatic heterocycles. The third-order valence-electron chi connectivity index (χ3n) is 6.69. The number of piperidine rings is 1. The van der Waals surface area contributed by atoms with Gasteiger partial charge >= 0.3 is 0 Å². The molecule has 0 saturated carbocycles. The van der Waals surface area contributed by atoms with Crippen molar-refractivity contribution in [3.63, 3.8) is 0 Å². The molecule has 1 aromatic heterocycles. The average molecular weight is 506 g/mol. The zero-order valence-electron chi connectivity index (χ0n) is 21.5. The van der Waals surface area contributed by atoms with Crippen molar-refractivity contribution in [2.45, 2.75) is 90.8 Å². The second-order valence-electron chi connectivity index (χ2n) is 10.0. The number of fused-ring (bicyclic) bond motifs is 1. The van der Waals surface area contributed by atoms with Gasteiger partial charge in [-0.2, -0.15) is 0 Å². The van der Waals surface area contributed by atoms with Crippen molar-refractivity contribution < 1.29 is 23.2 Å². The molecule has 1 aromatic carbocycles. The van der Waals surface area contributed by atoms with E-state index in [1.54, 1.807) is 6.92 Å². The van der Waals surface area contributed by atoms with E-state index in [9.17, 15) is 23.2 Å². The number of amides is 3.